The molecule has 0 atom stereocenters. The maximum atomic E-state index is 12.1. The summed E-state index contributed by atoms with van der Waals surface area (Å²) in [4.78, 5) is 81.2. The molecule has 28 heteroatoms. The second kappa shape index (κ2) is 64.5. The van der Waals surface area contributed by atoms with Gasteiger partial charge >= 0.3 is 106 Å². The quantitative estimate of drug-likeness (QED) is 0.0105. The van der Waals surface area contributed by atoms with Gasteiger partial charge in [0, 0.05) is 71.1 Å². The fourth-order valence-corrected chi connectivity index (χ4v) is 8.63. The van der Waals surface area contributed by atoms with E-state index in [2.05, 4.69) is 145 Å². The van der Waals surface area contributed by atoms with Crippen molar-refractivity contribution in [3.8, 4) is 30.3 Å². The Hall–Kier alpha value is -4.41. The van der Waals surface area contributed by atoms with Crippen LogP contribution >= 0.6 is 129 Å². The summed E-state index contributed by atoms with van der Waals surface area (Å²) in [6.07, 6.45) is 8.75. The van der Waals surface area contributed by atoms with Crippen LogP contribution in [0, 0.1) is 69.5 Å². The Morgan fingerprint density at radius 2 is 0.852 bits per heavy atom. The van der Waals surface area contributed by atoms with Gasteiger partial charge in [-0.15, -0.1) is 28.3 Å². The predicted molar refractivity (Wildman–Crippen MR) is 511 cm³/mol. The Kier molecular flexibility index (Phi) is 70.7. The fourth-order valence-electron chi connectivity index (χ4n) is 8.63. The van der Waals surface area contributed by atoms with Crippen LogP contribution in [0.1, 0.15) is 255 Å². The monoisotopic (exact) mass is 2320 g/mol. The van der Waals surface area contributed by atoms with Crippen molar-refractivity contribution in [2.45, 2.75) is 199 Å². The Labute approximate surface area is 791 Å². The minimum absolute atomic E-state index is 0. The van der Waals surface area contributed by atoms with Crippen LogP contribution in [0.5, 0.6) is 0 Å². The van der Waals surface area contributed by atoms with E-state index in [0.717, 1.165) is 89.1 Å². The van der Waals surface area contributed by atoms with Crippen LogP contribution < -0.4 is 34.7 Å². The van der Waals surface area contributed by atoms with E-state index in [1.54, 1.807) is 67.6 Å². The summed E-state index contributed by atoms with van der Waals surface area (Å²) in [5.41, 5.74) is 8.08. The fraction of sp³-hybridized carbons (Fsp3) is 0.425. The number of carbonyl (C=O) groups is 7. The second-order valence-electron chi connectivity index (χ2n) is 26.9. The first-order valence-electron chi connectivity index (χ1n) is 34.0. The van der Waals surface area contributed by atoms with Crippen molar-refractivity contribution in [1.29, 1.82) is 26.3 Å². The predicted octanol–water partition coefficient (Wildman–Crippen LogP) is 20.5. The molecule has 1 saturated carbocycles. The summed E-state index contributed by atoms with van der Waals surface area (Å²) in [6.45, 7) is 24.5. The molecule has 0 spiro atoms. The van der Waals surface area contributed by atoms with Crippen LogP contribution in [-0.4, -0.2) is 90.5 Å². The molecule has 6 aromatic rings. The average Bonchev–Trinajstić information content (AvgIpc) is 1.11. The molecule has 6 aromatic carbocycles. The third-order valence-electron chi connectivity index (χ3n) is 15.7. The van der Waals surface area contributed by atoms with Gasteiger partial charge < -0.3 is 19.1 Å². The van der Waals surface area contributed by atoms with E-state index < -0.39 is 37.3 Å². The number of halogens is 6. The minimum Gasteiger partial charge on any atom is 1.00 e. The molecular formula is C87H117I6N5NaO14SV. The SMILES string of the molecule is C.C.C.C.CC(=O)c1ccc(C(C)(C)C#N)cc1.CC(=O)c1ccc(C)cc1.CC(=O)c1ccc(CC#N)cc1.CC(C)(C#N)c1ccc(/C([O-])=C2\CCOC2=O)cc1.CC(C)(C#N)c1ccc(C(=O)C2CC2)cc1.CCCCC(=O)c1ccc(C(C)(C)C#N)cc1.CI.CI.CS(C)(=O)(O)OO.I.O=C1CCCO1.[I][V]([I])[I].[Na+]. The van der Waals surface area contributed by atoms with Crippen molar-refractivity contribution in [2.24, 2.45) is 5.92 Å². The van der Waals surface area contributed by atoms with Gasteiger partial charge in [0.15, 0.2) is 28.9 Å². The van der Waals surface area contributed by atoms with Crippen LogP contribution in [0.4, 0.5) is 0 Å². The maximum Gasteiger partial charge on any atom is 1.00 e. The number of ether oxygens (including phenoxy) is 2. The molecule has 2 heterocycles. The normalized spacial score (nSPS) is 12.4. The molecule has 115 heavy (non-hydrogen) atoms. The van der Waals surface area contributed by atoms with E-state index in [1.807, 2.05) is 163 Å². The number of alkyl halides is 2. The van der Waals surface area contributed by atoms with E-state index in [1.165, 1.54) is 19.4 Å². The molecule has 3 aliphatic rings. The second-order valence-corrected chi connectivity index (χ2v) is 65.8. The zero-order valence-electron chi connectivity index (χ0n) is 66.4. The number of cyclic esters (lactones) is 2. The number of nitrogens with zero attached hydrogens (tertiary/aromatic N) is 5. The number of Topliss-reactive ketones (excluding diaryl/α,β-unsaturated/α-hetero) is 5. The number of ketones is 5. The van der Waals surface area contributed by atoms with Gasteiger partial charge in [-0.25, -0.2) is 14.3 Å². The third-order valence-corrected chi connectivity index (χ3v) is 16.2. The Morgan fingerprint density at radius 1 is 0.548 bits per heavy atom. The van der Waals surface area contributed by atoms with Crippen molar-refractivity contribution in [3.05, 3.63) is 218 Å². The van der Waals surface area contributed by atoms with Gasteiger partial charge in [0.1, 0.15) is 9.63 Å². The number of aryl methyl sites for hydroxylation is 1. The smallest absolute Gasteiger partial charge is 1.00 e. The van der Waals surface area contributed by atoms with Gasteiger partial charge in [-0.2, -0.15) is 26.3 Å². The van der Waals surface area contributed by atoms with Crippen molar-refractivity contribution in [3.63, 3.8) is 0 Å². The largest absolute Gasteiger partial charge is 1.00 e. The molecule has 628 valence electrons. The number of rotatable bonds is 16. The Morgan fingerprint density at radius 3 is 1.10 bits per heavy atom. The first-order valence-corrected chi connectivity index (χ1v) is 54.5. The summed E-state index contributed by atoms with van der Waals surface area (Å²) < 4.78 is 31.1. The summed E-state index contributed by atoms with van der Waals surface area (Å²) in [6, 6.07) is 54.5. The number of unbranched alkanes of at least 4 members (excludes halogenated alkanes) is 1. The van der Waals surface area contributed by atoms with E-state index in [9.17, 15) is 42.9 Å². The molecule has 2 N–H and O–H groups in total. The third kappa shape index (κ3) is 53.1. The average molecular weight is 2320 g/mol. The van der Waals surface area contributed by atoms with Crippen molar-refractivity contribution in [2.75, 3.05) is 35.6 Å². The van der Waals surface area contributed by atoms with Gasteiger partial charge in [-0.3, -0.25) is 28.8 Å². The number of hydrogen-bond donors (Lipinski definition) is 2. The molecule has 9 rings (SSSR count). The summed E-state index contributed by atoms with van der Waals surface area (Å²) >= 11 is 11.7. The van der Waals surface area contributed by atoms with Crippen LogP contribution in [0.15, 0.2) is 151 Å². The van der Waals surface area contributed by atoms with Gasteiger partial charge in [-0.05, 0) is 152 Å². The number of benzene rings is 6. The molecule has 0 amide bonds. The number of nitriles is 5. The van der Waals surface area contributed by atoms with Crippen molar-refractivity contribution in [1.82, 2.24) is 0 Å². The molecule has 0 aromatic heterocycles. The molecular weight excluding hydrogens is 2210 g/mol. The van der Waals surface area contributed by atoms with Crippen LogP contribution in [-0.2, 0) is 66.0 Å². The molecule has 1 aliphatic carbocycles. The van der Waals surface area contributed by atoms with Gasteiger partial charge in [-0.1, -0.05) is 245 Å². The molecule has 0 bridgehead atoms. The van der Waals surface area contributed by atoms with E-state index in [0.29, 0.717) is 49.0 Å². The van der Waals surface area contributed by atoms with Crippen LogP contribution in [0.25, 0.3) is 5.76 Å². The topological polar surface area (TPSA) is 347 Å². The zero-order chi connectivity index (χ0) is 84.1. The standard InChI is InChI=1S/C15H15NO3.C15H19NO.C14H15NO.C12H13NO.C10H9NO.C9H10O.C4H6O2.C2H8O4S.2CH3I.4CH4.4HI.Na.V/c1-15(2,9-16)11-5-3-10(4-6-11)13(17)12-7-8-19-14(12)18;1-4-5-6-14(17)12-7-9-13(10-8-12)15(2,3)11-16;1-14(2,9-15)12-7-5-11(6-8-12)13(16)10-3-4-10;1-9(14)10-4-6-11(7-5-10)12(2,3)8-13;1-8(12)10-4-2-9(3-5-10)6-7-11;1-7-3-5-9(6-4-7)8(2)10;5-4-2-1-3-6-4;1-7(2,4,5)6-3;2*1-2;;;;;;;;;;/h3-6,17H,7-8H2,1-2H3;7-10H,4-6H2,1-3H3;5-8,10H,3-4H2,1-2H3;4-7H,1-3H3;2-5H,6H2,1H3;3-6H,1-2H3;1-3H2;3H,1-2H3,(H,4,5);2*1H3;4*1H4;4*1H;;/q;;;;;;;;;;;;;;;;;;+1;+3/p-4/b13-12-;;;;;;;;;;;;;;;;;;;. The Bertz CT molecular complexity index is 4210. The maximum absolute atomic E-state index is 12.1. The Balaban J connectivity index is -0.000000189. The summed E-state index contributed by atoms with van der Waals surface area (Å²) in [5.74, 6) is 0.0689. The van der Waals surface area contributed by atoms with Gasteiger partial charge in [0.2, 0.25) is 0 Å². The summed E-state index contributed by atoms with van der Waals surface area (Å²) in [5, 5.41) is 64.1. The van der Waals surface area contributed by atoms with E-state index in [4.69, 9.17) is 40.9 Å². The molecule has 0 radical (unpaired) electrons. The first-order chi connectivity index (χ1) is 50.8. The van der Waals surface area contributed by atoms with E-state index in [-0.39, 0.29) is 147 Å². The summed E-state index contributed by atoms with van der Waals surface area (Å²) in [7, 11) is -4.06. The van der Waals surface area contributed by atoms with Crippen molar-refractivity contribution >= 4 is 185 Å². The molecule has 2 saturated heterocycles. The molecule has 19 nitrogen and oxygen atoms in total. The zero-order valence-corrected chi connectivity index (χ0v) is 83.7. The molecule has 3 fully saturated rings. The first kappa shape index (κ1) is 126. The van der Waals surface area contributed by atoms with Gasteiger partial charge in [0.05, 0.1) is 71.6 Å². The van der Waals surface area contributed by atoms with Crippen LogP contribution in [0.2, 0.25) is 0 Å². The minimum atomic E-state index is -4.06. The molecule has 2 aliphatic heterocycles. The number of hydrogen-bond acceptors (Lipinski definition) is 18. The van der Waals surface area contributed by atoms with Crippen molar-refractivity contribution < 1.29 is 101 Å². The van der Waals surface area contributed by atoms with E-state index >= 15 is 0 Å². The number of carbonyl (C=O) groups excluding carboxylic acids is 7. The van der Waals surface area contributed by atoms with Gasteiger partial charge in [0.25, 0.3) is 0 Å². The number of esters is 2. The van der Waals surface area contributed by atoms with Crippen LogP contribution in [0.3, 0.4) is 0 Å². The molecule has 0 unspecified atom stereocenters.